The van der Waals surface area contributed by atoms with Crippen molar-refractivity contribution < 1.29 is 14.7 Å². The van der Waals surface area contributed by atoms with Crippen LogP contribution in [0.1, 0.15) is 33.2 Å². The van der Waals surface area contributed by atoms with Crippen LogP contribution in [0.3, 0.4) is 0 Å². The molecule has 0 saturated carbocycles. The van der Waals surface area contributed by atoms with Crippen LogP contribution in [0.15, 0.2) is 18.3 Å². The molecule has 0 aromatic carbocycles. The van der Waals surface area contributed by atoms with Crippen molar-refractivity contribution >= 4 is 23.2 Å². The Balaban J connectivity index is 1.93. The second-order valence-electron chi connectivity index (χ2n) is 4.34. The maximum Gasteiger partial charge on any atom is 0.358 e. The first-order valence-corrected chi connectivity index (χ1v) is 6.76. The average Bonchev–Trinajstić information content (AvgIpc) is 2.98. The lowest BCUT2D eigenvalue weighted by molar-refractivity contribution is -0.122. The van der Waals surface area contributed by atoms with Crippen LogP contribution >= 0.6 is 11.3 Å². The third-order valence-corrected chi connectivity index (χ3v) is 3.81. The molecular formula is C12H14N4O3S. The van der Waals surface area contributed by atoms with Gasteiger partial charge in [0.2, 0.25) is 5.91 Å². The molecule has 0 aliphatic carbocycles. The highest BCUT2D eigenvalue weighted by Gasteiger charge is 2.14. The van der Waals surface area contributed by atoms with E-state index in [2.05, 4.69) is 15.6 Å². The molecule has 2 aromatic heterocycles. The van der Waals surface area contributed by atoms with Crippen molar-refractivity contribution in [3.63, 3.8) is 0 Å². The fourth-order valence-corrected chi connectivity index (χ4v) is 2.54. The van der Waals surface area contributed by atoms with Gasteiger partial charge in [0.15, 0.2) is 5.69 Å². The number of carboxylic acids is 1. The molecule has 106 valence electrons. The molecule has 1 amide bonds. The second kappa shape index (κ2) is 5.83. The highest BCUT2D eigenvalue weighted by molar-refractivity contribution is 7.12. The van der Waals surface area contributed by atoms with Gasteiger partial charge in [-0.05, 0) is 26.0 Å². The van der Waals surface area contributed by atoms with Crippen LogP contribution in [-0.2, 0) is 11.3 Å². The Bertz CT molecular complexity index is 634. The van der Waals surface area contributed by atoms with Crippen molar-refractivity contribution in [3.05, 3.63) is 33.8 Å². The third kappa shape index (κ3) is 3.41. The van der Waals surface area contributed by atoms with Crippen molar-refractivity contribution in [2.24, 2.45) is 0 Å². The third-order valence-electron chi connectivity index (χ3n) is 2.63. The van der Waals surface area contributed by atoms with Gasteiger partial charge in [-0.1, -0.05) is 5.21 Å². The zero-order chi connectivity index (χ0) is 14.7. The van der Waals surface area contributed by atoms with Gasteiger partial charge in [-0.2, -0.15) is 0 Å². The van der Waals surface area contributed by atoms with E-state index in [1.807, 2.05) is 26.0 Å². The van der Waals surface area contributed by atoms with Gasteiger partial charge in [0.05, 0.1) is 12.2 Å². The van der Waals surface area contributed by atoms with Crippen molar-refractivity contribution in [2.45, 2.75) is 26.4 Å². The van der Waals surface area contributed by atoms with Crippen molar-refractivity contribution in [2.75, 3.05) is 0 Å². The first kappa shape index (κ1) is 14.2. The van der Waals surface area contributed by atoms with E-state index in [-0.39, 0.29) is 24.2 Å². The second-order valence-corrected chi connectivity index (χ2v) is 5.66. The smallest absolute Gasteiger partial charge is 0.358 e. The summed E-state index contributed by atoms with van der Waals surface area (Å²) >= 11 is 1.62. The molecule has 0 radical (unpaired) electrons. The minimum absolute atomic E-state index is 0.0605. The van der Waals surface area contributed by atoms with Crippen LogP contribution in [0.25, 0.3) is 0 Å². The lowest BCUT2D eigenvalue weighted by Crippen LogP contribution is -2.29. The molecule has 20 heavy (non-hydrogen) atoms. The van der Waals surface area contributed by atoms with Crippen LogP contribution in [0, 0.1) is 6.92 Å². The molecule has 0 spiro atoms. The van der Waals surface area contributed by atoms with Crippen molar-refractivity contribution in [1.29, 1.82) is 0 Å². The van der Waals surface area contributed by atoms with Gasteiger partial charge in [-0.25, -0.2) is 9.48 Å². The number of carbonyl (C=O) groups excluding carboxylic acids is 1. The van der Waals surface area contributed by atoms with Crippen LogP contribution in [0.2, 0.25) is 0 Å². The van der Waals surface area contributed by atoms with E-state index in [0.717, 1.165) is 4.88 Å². The molecule has 0 aliphatic heterocycles. The molecule has 0 aliphatic rings. The minimum Gasteiger partial charge on any atom is -0.476 e. The Kier molecular flexibility index (Phi) is 4.14. The van der Waals surface area contributed by atoms with Crippen LogP contribution in [0.5, 0.6) is 0 Å². The number of amides is 1. The Morgan fingerprint density at radius 1 is 1.50 bits per heavy atom. The summed E-state index contributed by atoms with van der Waals surface area (Å²) in [7, 11) is 0. The van der Waals surface area contributed by atoms with Gasteiger partial charge < -0.3 is 10.4 Å². The molecule has 2 N–H and O–H groups in total. The Labute approximate surface area is 119 Å². The van der Waals surface area contributed by atoms with E-state index < -0.39 is 5.97 Å². The zero-order valence-electron chi connectivity index (χ0n) is 11.0. The summed E-state index contributed by atoms with van der Waals surface area (Å²) in [6.07, 6.45) is 1.22. The Morgan fingerprint density at radius 3 is 2.80 bits per heavy atom. The van der Waals surface area contributed by atoms with Gasteiger partial charge in [-0.15, -0.1) is 16.4 Å². The fourth-order valence-electron chi connectivity index (χ4n) is 1.67. The first-order chi connectivity index (χ1) is 9.45. The summed E-state index contributed by atoms with van der Waals surface area (Å²) in [5.74, 6) is -1.41. The number of aryl methyl sites for hydroxylation is 1. The summed E-state index contributed by atoms with van der Waals surface area (Å²) in [4.78, 5) is 24.7. The summed E-state index contributed by atoms with van der Waals surface area (Å²) in [6.45, 7) is 3.84. The van der Waals surface area contributed by atoms with E-state index in [4.69, 9.17) is 5.11 Å². The van der Waals surface area contributed by atoms with Crippen LogP contribution in [0.4, 0.5) is 0 Å². The molecule has 2 heterocycles. The van der Waals surface area contributed by atoms with E-state index >= 15 is 0 Å². The van der Waals surface area contributed by atoms with Crippen molar-refractivity contribution in [1.82, 2.24) is 20.3 Å². The molecule has 2 aromatic rings. The molecule has 0 saturated heterocycles. The summed E-state index contributed by atoms with van der Waals surface area (Å²) in [5, 5.41) is 18.6. The highest BCUT2D eigenvalue weighted by Crippen LogP contribution is 2.22. The van der Waals surface area contributed by atoms with E-state index in [9.17, 15) is 9.59 Å². The first-order valence-electron chi connectivity index (χ1n) is 5.95. The lowest BCUT2D eigenvalue weighted by Gasteiger charge is -2.11. The number of hydrogen-bond donors (Lipinski definition) is 2. The van der Waals surface area contributed by atoms with E-state index in [1.165, 1.54) is 15.8 Å². The monoisotopic (exact) mass is 294 g/mol. The predicted octanol–water partition coefficient (Wildman–Crippen LogP) is 1.22. The number of nitrogens with one attached hydrogen (secondary N) is 1. The van der Waals surface area contributed by atoms with Crippen LogP contribution < -0.4 is 5.32 Å². The quantitative estimate of drug-likeness (QED) is 0.864. The number of aromatic nitrogens is 3. The number of carbonyl (C=O) groups is 2. The standard InChI is InChI=1S/C12H14N4O3S/c1-7-3-4-10(20-7)8(2)13-11(17)6-16-5-9(12(18)19)14-15-16/h3-5,8H,6H2,1-2H3,(H,13,17)(H,18,19). The fraction of sp³-hybridized carbons (Fsp3) is 0.333. The van der Waals surface area contributed by atoms with Crippen molar-refractivity contribution in [3.8, 4) is 0 Å². The molecular weight excluding hydrogens is 280 g/mol. The largest absolute Gasteiger partial charge is 0.476 e. The molecule has 1 atom stereocenters. The van der Waals surface area contributed by atoms with Gasteiger partial charge >= 0.3 is 5.97 Å². The number of hydrogen-bond acceptors (Lipinski definition) is 5. The lowest BCUT2D eigenvalue weighted by atomic mass is 10.2. The molecule has 0 bridgehead atoms. The number of aromatic carboxylic acids is 1. The van der Waals surface area contributed by atoms with E-state index in [1.54, 1.807) is 11.3 Å². The van der Waals surface area contributed by atoms with Crippen LogP contribution in [-0.4, -0.2) is 32.0 Å². The van der Waals surface area contributed by atoms with Gasteiger partial charge in [0, 0.05) is 9.75 Å². The maximum atomic E-state index is 11.8. The summed E-state index contributed by atoms with van der Waals surface area (Å²) < 4.78 is 1.20. The summed E-state index contributed by atoms with van der Waals surface area (Å²) in [5.41, 5.74) is -0.181. The minimum atomic E-state index is -1.17. The Morgan fingerprint density at radius 2 is 2.25 bits per heavy atom. The number of carboxylic acid groups (broad SMARTS) is 1. The maximum absolute atomic E-state index is 11.8. The van der Waals surface area contributed by atoms with Gasteiger partial charge in [0.25, 0.3) is 0 Å². The molecule has 1 unspecified atom stereocenters. The zero-order valence-corrected chi connectivity index (χ0v) is 11.8. The number of nitrogens with zero attached hydrogens (tertiary/aromatic N) is 3. The molecule has 0 fully saturated rings. The average molecular weight is 294 g/mol. The number of rotatable bonds is 5. The summed E-state index contributed by atoms with van der Waals surface area (Å²) in [6, 6.07) is 3.88. The van der Waals surface area contributed by atoms with Gasteiger partial charge in [-0.3, -0.25) is 4.79 Å². The number of thiophene rings is 1. The SMILES string of the molecule is Cc1ccc(C(C)NC(=O)Cn2cc(C(=O)O)nn2)s1. The van der Waals surface area contributed by atoms with E-state index in [0.29, 0.717) is 0 Å². The molecule has 7 nitrogen and oxygen atoms in total. The topological polar surface area (TPSA) is 97.1 Å². The predicted molar refractivity (Wildman–Crippen MR) is 72.6 cm³/mol. The molecule has 2 rings (SSSR count). The normalized spacial score (nSPS) is 12.1. The molecule has 8 heteroatoms. The van der Waals surface area contributed by atoms with Gasteiger partial charge in [0.1, 0.15) is 6.54 Å². The highest BCUT2D eigenvalue weighted by atomic mass is 32.1. The Hall–Kier alpha value is -2.22.